The fraction of sp³-hybridized carbons (Fsp3) is 0.609. The van der Waals surface area contributed by atoms with Gasteiger partial charge in [-0.1, -0.05) is 30.3 Å². The summed E-state index contributed by atoms with van der Waals surface area (Å²) in [6, 6.07) is 7.94. The van der Waals surface area contributed by atoms with E-state index in [4.69, 9.17) is 26.0 Å². The van der Waals surface area contributed by atoms with Gasteiger partial charge in [0.2, 0.25) is 0 Å². The number of carbonyl (C=O) groups excluding carboxylic acids is 3. The molecule has 10 heteroatoms. The second kappa shape index (κ2) is 12.2. The van der Waals surface area contributed by atoms with Crippen molar-refractivity contribution in [3.8, 4) is 0 Å². The van der Waals surface area contributed by atoms with Crippen LogP contribution in [0, 0.1) is 0 Å². The summed E-state index contributed by atoms with van der Waals surface area (Å²) in [6.45, 7) is 10.2. The fourth-order valence-corrected chi connectivity index (χ4v) is 3.66. The Morgan fingerprint density at radius 1 is 1.09 bits per heavy atom. The van der Waals surface area contributed by atoms with Crippen molar-refractivity contribution >= 4 is 29.0 Å². The molecule has 0 radical (unpaired) electrons. The molecule has 0 spiro atoms. The van der Waals surface area contributed by atoms with Gasteiger partial charge in [-0.15, -0.1) is 5.06 Å². The molecule has 1 saturated heterocycles. The largest absolute Gasteiger partial charge is 0.444 e. The van der Waals surface area contributed by atoms with E-state index in [2.05, 4.69) is 0 Å². The Morgan fingerprint density at radius 2 is 1.73 bits per heavy atom. The number of hydrogen-bond acceptors (Lipinski definition) is 7. The second-order valence-electron chi connectivity index (χ2n) is 8.74. The summed E-state index contributed by atoms with van der Waals surface area (Å²) in [5.74, 6) is -0.544. The highest BCUT2D eigenvalue weighted by atomic mass is 35.5. The van der Waals surface area contributed by atoms with Gasteiger partial charge in [0.15, 0.2) is 0 Å². The molecule has 184 valence electrons. The fourth-order valence-electron chi connectivity index (χ4n) is 3.47. The van der Waals surface area contributed by atoms with Crippen molar-refractivity contribution in [2.24, 2.45) is 0 Å². The Balaban J connectivity index is 2.19. The molecule has 0 N–H and O–H groups in total. The van der Waals surface area contributed by atoms with Crippen LogP contribution in [0.5, 0.6) is 0 Å². The van der Waals surface area contributed by atoms with Gasteiger partial charge in [-0.25, -0.2) is 14.7 Å². The van der Waals surface area contributed by atoms with Crippen LogP contribution in [0.2, 0.25) is 0 Å². The summed E-state index contributed by atoms with van der Waals surface area (Å²) in [5, 5.41) is 1.78. The van der Waals surface area contributed by atoms with Crippen LogP contribution in [0.25, 0.3) is 0 Å². The van der Waals surface area contributed by atoms with Gasteiger partial charge in [0, 0.05) is 19.6 Å². The van der Waals surface area contributed by atoms with Crippen LogP contribution in [0.3, 0.4) is 0 Å². The zero-order valence-corrected chi connectivity index (χ0v) is 20.7. The number of likely N-dealkylation sites (tertiary alicyclic amines) is 1. The second-order valence-corrected chi connectivity index (χ2v) is 9.07. The van der Waals surface area contributed by atoms with Gasteiger partial charge in [0.05, 0.1) is 6.04 Å². The number of carbonyl (C=O) groups is 3. The molecule has 1 heterocycles. The number of piperidine rings is 1. The lowest BCUT2D eigenvalue weighted by molar-refractivity contribution is -0.199. The third-order valence-corrected chi connectivity index (χ3v) is 5.27. The minimum atomic E-state index is -0.849. The number of amides is 2. The van der Waals surface area contributed by atoms with Gasteiger partial charge in [-0.3, -0.25) is 14.5 Å². The molecule has 33 heavy (non-hydrogen) atoms. The van der Waals surface area contributed by atoms with Gasteiger partial charge >= 0.3 is 17.4 Å². The average Bonchev–Trinajstić information content (AvgIpc) is 2.76. The summed E-state index contributed by atoms with van der Waals surface area (Å²) in [6.07, 6.45) is -0.0112. The number of rotatable bonds is 8. The SMILES string of the molecule is CCN(CC)OC(=O)[C@@H]1CC[C@@H](N(OCc2ccccc2)C(=O)Cl)CN1C(=O)OC(C)(C)C. The predicted molar refractivity (Wildman–Crippen MR) is 123 cm³/mol. The first kappa shape index (κ1) is 26.9. The summed E-state index contributed by atoms with van der Waals surface area (Å²) >= 11 is 5.81. The lowest BCUT2D eigenvalue weighted by atomic mass is 9.98. The topological polar surface area (TPSA) is 88.6 Å². The smallest absolute Gasteiger partial charge is 0.411 e. The molecule has 9 nitrogen and oxygen atoms in total. The molecule has 2 amide bonds. The normalized spacial score (nSPS) is 18.7. The monoisotopic (exact) mass is 483 g/mol. The van der Waals surface area contributed by atoms with Gasteiger partial charge in [-0.05, 0) is 64.6 Å². The number of hydrogen-bond donors (Lipinski definition) is 0. The highest BCUT2D eigenvalue weighted by molar-refractivity contribution is 6.62. The van der Waals surface area contributed by atoms with E-state index in [0.717, 1.165) is 10.6 Å². The zero-order valence-electron chi connectivity index (χ0n) is 20.0. The Morgan fingerprint density at radius 3 is 2.27 bits per heavy atom. The molecule has 0 saturated carbocycles. The van der Waals surface area contributed by atoms with E-state index in [9.17, 15) is 14.4 Å². The van der Waals surface area contributed by atoms with Crippen molar-refractivity contribution in [3.63, 3.8) is 0 Å². The van der Waals surface area contributed by atoms with E-state index in [0.29, 0.717) is 19.5 Å². The Labute approximate surface area is 200 Å². The summed E-state index contributed by atoms with van der Waals surface area (Å²) in [5.41, 5.74) is 0.101. The first-order valence-electron chi connectivity index (χ1n) is 11.2. The van der Waals surface area contributed by atoms with E-state index in [-0.39, 0.29) is 19.6 Å². The number of benzene rings is 1. The van der Waals surface area contributed by atoms with E-state index >= 15 is 0 Å². The predicted octanol–water partition coefficient (Wildman–Crippen LogP) is 4.35. The quantitative estimate of drug-likeness (QED) is 0.308. The summed E-state index contributed by atoms with van der Waals surface area (Å²) in [4.78, 5) is 50.4. The van der Waals surface area contributed by atoms with Gasteiger partial charge in [0.25, 0.3) is 0 Å². The van der Waals surface area contributed by atoms with Crippen molar-refractivity contribution in [1.29, 1.82) is 0 Å². The molecule has 1 aliphatic heterocycles. The van der Waals surface area contributed by atoms with Crippen LogP contribution >= 0.6 is 11.6 Å². The maximum absolute atomic E-state index is 13.0. The standard InChI is InChI=1S/C23H34ClN3O6/c1-6-25(7-2)33-20(28)19-14-13-18(15-26(19)22(30)32-23(3,4)5)27(21(24)29)31-16-17-11-9-8-10-12-17/h8-12,18-19H,6-7,13-16H2,1-5H3/t18-,19+/m1/s1. The summed E-state index contributed by atoms with van der Waals surface area (Å²) in [7, 11) is 0. The molecule has 0 aliphatic carbocycles. The van der Waals surface area contributed by atoms with Crippen molar-refractivity contribution in [2.75, 3.05) is 19.6 Å². The van der Waals surface area contributed by atoms with Crippen molar-refractivity contribution in [2.45, 2.75) is 71.8 Å². The van der Waals surface area contributed by atoms with Crippen LogP contribution in [-0.2, 0) is 25.8 Å². The maximum Gasteiger partial charge on any atom is 0.411 e. The van der Waals surface area contributed by atoms with E-state index in [1.54, 1.807) is 20.8 Å². The first-order valence-corrected chi connectivity index (χ1v) is 11.5. The van der Waals surface area contributed by atoms with Crippen LogP contribution < -0.4 is 0 Å². The third kappa shape index (κ3) is 8.17. The van der Waals surface area contributed by atoms with E-state index in [1.807, 2.05) is 44.2 Å². The number of hydroxylamine groups is 4. The summed E-state index contributed by atoms with van der Waals surface area (Å²) < 4.78 is 5.52. The Hall–Kier alpha value is -2.36. The first-order chi connectivity index (χ1) is 15.6. The minimum absolute atomic E-state index is 0.0141. The van der Waals surface area contributed by atoms with Crippen molar-refractivity contribution in [1.82, 2.24) is 15.0 Å². The van der Waals surface area contributed by atoms with Gasteiger partial charge in [0.1, 0.15) is 18.2 Å². The van der Waals surface area contributed by atoms with Gasteiger partial charge in [-0.2, -0.15) is 0 Å². The van der Waals surface area contributed by atoms with Crippen LogP contribution in [0.1, 0.15) is 53.0 Å². The van der Waals surface area contributed by atoms with Crippen LogP contribution in [0.4, 0.5) is 9.59 Å². The molecule has 0 bridgehead atoms. The molecule has 1 aliphatic rings. The Kier molecular flexibility index (Phi) is 9.94. The Bertz CT molecular complexity index is 797. The zero-order chi connectivity index (χ0) is 24.6. The molecular weight excluding hydrogens is 450 g/mol. The molecule has 1 aromatic carbocycles. The van der Waals surface area contributed by atoms with E-state index in [1.165, 1.54) is 9.96 Å². The lowest BCUT2D eigenvalue weighted by Gasteiger charge is -2.41. The lowest BCUT2D eigenvalue weighted by Crippen LogP contribution is -2.58. The van der Waals surface area contributed by atoms with Crippen LogP contribution in [0.15, 0.2) is 30.3 Å². The molecule has 0 aromatic heterocycles. The molecule has 1 fully saturated rings. The van der Waals surface area contributed by atoms with Crippen LogP contribution in [-0.4, -0.2) is 69.8 Å². The molecule has 0 unspecified atom stereocenters. The van der Waals surface area contributed by atoms with Crippen molar-refractivity contribution in [3.05, 3.63) is 35.9 Å². The molecular formula is C23H34ClN3O6. The average molecular weight is 484 g/mol. The highest BCUT2D eigenvalue weighted by Gasteiger charge is 2.42. The number of halogens is 1. The molecule has 2 rings (SSSR count). The minimum Gasteiger partial charge on any atom is -0.444 e. The molecule has 2 atom stereocenters. The van der Waals surface area contributed by atoms with E-state index < -0.39 is 35.1 Å². The highest BCUT2D eigenvalue weighted by Crippen LogP contribution is 2.26. The third-order valence-electron chi connectivity index (χ3n) is 5.10. The molecule has 1 aromatic rings. The van der Waals surface area contributed by atoms with Crippen molar-refractivity contribution < 1.29 is 28.8 Å². The maximum atomic E-state index is 13.0. The number of nitrogens with zero attached hydrogens (tertiary/aromatic N) is 3. The van der Waals surface area contributed by atoms with Gasteiger partial charge < -0.3 is 9.57 Å². The number of ether oxygens (including phenoxy) is 1.